The van der Waals surface area contributed by atoms with E-state index in [1.165, 1.54) is 11.9 Å². The predicted molar refractivity (Wildman–Crippen MR) is 109 cm³/mol. The normalized spacial score (nSPS) is 19.7. The molecule has 0 saturated carbocycles. The van der Waals surface area contributed by atoms with Crippen molar-refractivity contribution in [3.63, 3.8) is 0 Å². The zero-order chi connectivity index (χ0) is 23.8. The molecule has 10 heteroatoms. The first-order chi connectivity index (χ1) is 14.8. The van der Waals surface area contributed by atoms with Crippen LogP contribution in [0.15, 0.2) is 36.4 Å². The third kappa shape index (κ3) is 5.20. The first-order valence-electron chi connectivity index (χ1n) is 9.82. The zero-order valence-electron chi connectivity index (χ0n) is 17.2. The third-order valence-electron chi connectivity index (χ3n) is 5.72. The van der Waals surface area contributed by atoms with Gasteiger partial charge in [-0.25, -0.2) is 0 Å². The molecular formula is C22H21ClF6N2O. The van der Waals surface area contributed by atoms with E-state index < -0.39 is 41.0 Å². The number of hydrogen-bond donors (Lipinski definition) is 1. The van der Waals surface area contributed by atoms with Crippen LogP contribution < -0.4 is 5.32 Å². The summed E-state index contributed by atoms with van der Waals surface area (Å²) in [6.45, 7) is 2.87. The molecule has 174 valence electrons. The SMILES string of the molecule is Cc1ccc([C@@H]2CNCC[C@H]2N(C)C(=O)c2cc(C(F)(F)F)cc(C(F)(F)F)c2)cc1Cl. The van der Waals surface area contributed by atoms with Crippen LogP contribution in [0, 0.1) is 6.92 Å². The fraction of sp³-hybridized carbons (Fsp3) is 0.409. The molecule has 0 bridgehead atoms. The Morgan fingerprint density at radius 3 is 2.16 bits per heavy atom. The van der Waals surface area contributed by atoms with E-state index in [0.717, 1.165) is 11.1 Å². The molecule has 1 amide bonds. The maximum absolute atomic E-state index is 13.2. The second kappa shape index (κ2) is 8.94. The Bertz CT molecular complexity index is 973. The number of nitrogens with one attached hydrogen (secondary N) is 1. The monoisotopic (exact) mass is 478 g/mol. The van der Waals surface area contributed by atoms with Crippen LogP contribution in [0.25, 0.3) is 0 Å². The van der Waals surface area contributed by atoms with Gasteiger partial charge in [-0.2, -0.15) is 26.3 Å². The van der Waals surface area contributed by atoms with Gasteiger partial charge >= 0.3 is 12.4 Å². The van der Waals surface area contributed by atoms with Crippen LogP contribution in [0.1, 0.15) is 45.0 Å². The molecule has 0 radical (unpaired) electrons. The molecule has 2 aromatic rings. The van der Waals surface area contributed by atoms with E-state index in [0.29, 0.717) is 36.7 Å². The van der Waals surface area contributed by atoms with Crippen molar-refractivity contribution < 1.29 is 31.1 Å². The number of hydrogen-bond acceptors (Lipinski definition) is 2. The fourth-order valence-corrected chi connectivity index (χ4v) is 4.11. The number of carbonyl (C=O) groups is 1. The summed E-state index contributed by atoms with van der Waals surface area (Å²) in [6, 6.07) is 5.96. The molecule has 2 aromatic carbocycles. The molecule has 0 aliphatic carbocycles. The van der Waals surface area contributed by atoms with Crippen LogP contribution in [0.5, 0.6) is 0 Å². The Hall–Kier alpha value is -2.26. The number of rotatable bonds is 3. The molecule has 0 unspecified atom stereocenters. The number of likely N-dealkylation sites (N-methyl/N-ethyl adjacent to an activating group) is 1. The predicted octanol–water partition coefficient (Wildman–Crippen LogP) is 5.90. The molecular weight excluding hydrogens is 458 g/mol. The Balaban J connectivity index is 1.97. The summed E-state index contributed by atoms with van der Waals surface area (Å²) in [5.74, 6) is -1.14. The zero-order valence-corrected chi connectivity index (χ0v) is 18.0. The number of carbonyl (C=O) groups excluding carboxylic acids is 1. The first kappa shape index (κ1) is 24.4. The molecule has 3 nitrogen and oxygen atoms in total. The highest BCUT2D eigenvalue weighted by molar-refractivity contribution is 6.31. The molecule has 0 aromatic heterocycles. The molecule has 3 rings (SSSR count). The quantitative estimate of drug-likeness (QED) is 0.557. The summed E-state index contributed by atoms with van der Waals surface area (Å²) < 4.78 is 79.2. The van der Waals surface area contributed by atoms with Crippen molar-refractivity contribution in [3.8, 4) is 0 Å². The summed E-state index contributed by atoms with van der Waals surface area (Å²) in [7, 11) is 1.40. The second-order valence-electron chi connectivity index (χ2n) is 7.89. The van der Waals surface area contributed by atoms with Crippen molar-refractivity contribution in [1.82, 2.24) is 10.2 Å². The average molecular weight is 479 g/mol. The summed E-state index contributed by atoms with van der Waals surface area (Å²) >= 11 is 6.23. The molecule has 1 saturated heterocycles. The molecule has 32 heavy (non-hydrogen) atoms. The van der Waals surface area contributed by atoms with Crippen molar-refractivity contribution in [2.45, 2.75) is 37.7 Å². The average Bonchev–Trinajstić information content (AvgIpc) is 2.73. The van der Waals surface area contributed by atoms with Gasteiger partial charge in [0.15, 0.2) is 0 Å². The van der Waals surface area contributed by atoms with Gasteiger partial charge in [0.25, 0.3) is 5.91 Å². The summed E-state index contributed by atoms with van der Waals surface area (Å²) in [4.78, 5) is 14.3. The summed E-state index contributed by atoms with van der Waals surface area (Å²) in [5.41, 5.74) is -2.00. The highest BCUT2D eigenvalue weighted by atomic mass is 35.5. The minimum atomic E-state index is -5.02. The Kier molecular flexibility index (Phi) is 6.81. The standard InChI is InChI=1S/C22H21ClF6N2O/c1-12-3-4-13(9-18(12)23)17-11-30-6-5-19(17)31(2)20(32)14-7-15(21(24,25)26)10-16(8-14)22(27,28)29/h3-4,7-10,17,19,30H,5-6,11H2,1-2H3/t17-,19+/m0/s1. The van der Waals surface area contributed by atoms with Gasteiger partial charge in [0.1, 0.15) is 0 Å². The van der Waals surface area contributed by atoms with Gasteiger partial charge in [-0.3, -0.25) is 4.79 Å². The van der Waals surface area contributed by atoms with Gasteiger partial charge in [-0.1, -0.05) is 23.7 Å². The maximum Gasteiger partial charge on any atom is 0.416 e. The van der Waals surface area contributed by atoms with E-state index >= 15 is 0 Å². The first-order valence-corrected chi connectivity index (χ1v) is 10.2. The van der Waals surface area contributed by atoms with Crippen molar-refractivity contribution >= 4 is 17.5 Å². The Morgan fingerprint density at radius 2 is 1.62 bits per heavy atom. The number of piperidine rings is 1. The molecule has 0 spiro atoms. The van der Waals surface area contributed by atoms with Crippen molar-refractivity contribution in [1.29, 1.82) is 0 Å². The van der Waals surface area contributed by atoms with E-state index in [1.54, 1.807) is 6.07 Å². The summed E-state index contributed by atoms with van der Waals surface area (Å²) in [6.07, 6.45) is -9.57. The van der Waals surface area contributed by atoms with Crippen LogP contribution in [-0.2, 0) is 12.4 Å². The third-order valence-corrected chi connectivity index (χ3v) is 6.13. The highest BCUT2D eigenvalue weighted by Crippen LogP contribution is 2.37. The van der Waals surface area contributed by atoms with E-state index in [2.05, 4.69) is 5.32 Å². The minimum absolute atomic E-state index is 0.0123. The van der Waals surface area contributed by atoms with Crippen molar-refractivity contribution in [3.05, 3.63) is 69.2 Å². The molecule has 2 atom stereocenters. The molecule has 1 heterocycles. The lowest BCUT2D eigenvalue weighted by Crippen LogP contribution is -2.49. The van der Waals surface area contributed by atoms with Crippen molar-refractivity contribution in [2.24, 2.45) is 0 Å². The van der Waals surface area contributed by atoms with Gasteiger partial charge in [0.2, 0.25) is 0 Å². The molecule has 1 aliphatic rings. The fourth-order valence-electron chi connectivity index (χ4n) is 3.92. The van der Waals surface area contributed by atoms with E-state index in [4.69, 9.17) is 11.6 Å². The minimum Gasteiger partial charge on any atom is -0.338 e. The number of alkyl halides is 6. The van der Waals surface area contributed by atoms with E-state index in [9.17, 15) is 31.1 Å². The van der Waals surface area contributed by atoms with Gasteiger partial charge in [-0.15, -0.1) is 0 Å². The van der Waals surface area contributed by atoms with Crippen LogP contribution >= 0.6 is 11.6 Å². The lowest BCUT2D eigenvalue weighted by molar-refractivity contribution is -0.143. The number of amides is 1. The second-order valence-corrected chi connectivity index (χ2v) is 8.29. The van der Waals surface area contributed by atoms with Crippen LogP contribution in [-0.4, -0.2) is 37.0 Å². The largest absolute Gasteiger partial charge is 0.416 e. The smallest absolute Gasteiger partial charge is 0.338 e. The van der Waals surface area contributed by atoms with Gasteiger partial charge in [-0.05, 0) is 55.3 Å². The lowest BCUT2D eigenvalue weighted by atomic mass is 9.85. The van der Waals surface area contributed by atoms with Crippen molar-refractivity contribution in [2.75, 3.05) is 20.1 Å². The van der Waals surface area contributed by atoms with Gasteiger partial charge < -0.3 is 10.2 Å². The Morgan fingerprint density at radius 1 is 1.03 bits per heavy atom. The van der Waals surface area contributed by atoms with Crippen LogP contribution in [0.2, 0.25) is 5.02 Å². The topological polar surface area (TPSA) is 32.3 Å². The molecule has 1 fully saturated rings. The van der Waals surface area contributed by atoms with Gasteiger partial charge in [0, 0.05) is 36.1 Å². The summed E-state index contributed by atoms with van der Waals surface area (Å²) in [5, 5.41) is 3.75. The van der Waals surface area contributed by atoms with Crippen LogP contribution in [0.3, 0.4) is 0 Å². The number of benzene rings is 2. The number of aryl methyl sites for hydroxylation is 1. The van der Waals surface area contributed by atoms with Crippen LogP contribution in [0.4, 0.5) is 26.3 Å². The number of halogens is 7. The molecule has 1 aliphatic heterocycles. The maximum atomic E-state index is 13.2. The van der Waals surface area contributed by atoms with E-state index in [-0.39, 0.29) is 12.0 Å². The highest BCUT2D eigenvalue weighted by Gasteiger charge is 2.39. The van der Waals surface area contributed by atoms with E-state index in [1.807, 2.05) is 19.1 Å². The number of nitrogens with zero attached hydrogens (tertiary/aromatic N) is 1. The Labute approximate surface area is 186 Å². The lowest BCUT2D eigenvalue weighted by Gasteiger charge is -2.39. The molecule has 1 N–H and O–H groups in total. The van der Waals surface area contributed by atoms with Gasteiger partial charge in [0.05, 0.1) is 11.1 Å².